The lowest BCUT2D eigenvalue weighted by Crippen LogP contribution is -2.46. The van der Waals surface area contributed by atoms with Gasteiger partial charge in [0.05, 0.1) is 25.2 Å². The van der Waals surface area contributed by atoms with E-state index in [1.54, 1.807) is 0 Å². The molecule has 3 unspecified atom stereocenters. The van der Waals surface area contributed by atoms with E-state index in [1.807, 2.05) is 0 Å². The van der Waals surface area contributed by atoms with Gasteiger partial charge in [0.2, 0.25) is 5.91 Å². The van der Waals surface area contributed by atoms with Gasteiger partial charge in [0.25, 0.3) is 0 Å². The minimum atomic E-state index is -0.819. The number of aliphatic hydroxyl groups excluding tert-OH is 2. The van der Waals surface area contributed by atoms with Crippen LogP contribution in [0.15, 0.2) is 109 Å². The topological polar surface area (TPSA) is 95.9 Å². The van der Waals surface area contributed by atoms with E-state index < -0.39 is 18.2 Å². The molecule has 0 spiro atoms. The fraction of sp³-hybridized carbons (Fsp3) is 0.677. The second kappa shape index (κ2) is 54.5. The summed E-state index contributed by atoms with van der Waals surface area (Å²) in [5, 5.41) is 23.8. The van der Waals surface area contributed by atoms with E-state index >= 15 is 0 Å². The quantitative estimate of drug-likeness (QED) is 0.0321. The monoisotopic (exact) mass is 944 g/mol. The van der Waals surface area contributed by atoms with Crippen LogP contribution in [0.1, 0.15) is 245 Å². The van der Waals surface area contributed by atoms with E-state index in [1.165, 1.54) is 103 Å². The smallest absolute Gasteiger partial charge is 0.306 e. The van der Waals surface area contributed by atoms with Crippen LogP contribution in [0.3, 0.4) is 0 Å². The number of rotatable bonds is 49. The van der Waals surface area contributed by atoms with Gasteiger partial charge in [-0.15, -0.1) is 0 Å². The van der Waals surface area contributed by atoms with Crippen LogP contribution in [0.5, 0.6) is 0 Å². The maximum absolute atomic E-state index is 13.3. The number of amides is 1. The Balaban J connectivity index is 4.78. The van der Waals surface area contributed by atoms with Crippen LogP contribution in [-0.4, -0.2) is 46.9 Å². The normalized spacial score (nSPS) is 14.0. The van der Waals surface area contributed by atoms with Crippen molar-refractivity contribution in [1.82, 2.24) is 5.32 Å². The number of allylic oxidation sites excluding steroid dienone is 18. The Hall–Kier alpha value is -3.48. The maximum atomic E-state index is 13.3. The van der Waals surface area contributed by atoms with E-state index in [4.69, 9.17) is 4.74 Å². The number of hydrogen-bond acceptors (Lipinski definition) is 5. The number of hydrogen-bond donors (Lipinski definition) is 3. The fourth-order valence-electron chi connectivity index (χ4n) is 7.87. The highest BCUT2D eigenvalue weighted by molar-refractivity contribution is 5.77. The molecule has 0 heterocycles. The molecular formula is C62H105NO5. The van der Waals surface area contributed by atoms with E-state index in [0.717, 1.165) is 89.9 Å². The van der Waals surface area contributed by atoms with Crippen molar-refractivity contribution in [3.63, 3.8) is 0 Å². The predicted molar refractivity (Wildman–Crippen MR) is 296 cm³/mol. The molecular weight excluding hydrogens is 839 g/mol. The summed E-state index contributed by atoms with van der Waals surface area (Å²) < 4.78 is 5.90. The van der Waals surface area contributed by atoms with Gasteiger partial charge in [0, 0.05) is 6.42 Å². The second-order valence-corrected chi connectivity index (χ2v) is 18.6. The summed E-state index contributed by atoms with van der Waals surface area (Å²) in [4.78, 5) is 26.2. The Labute approximate surface area is 419 Å². The molecule has 1 amide bonds. The minimum Gasteiger partial charge on any atom is -0.462 e. The summed E-state index contributed by atoms with van der Waals surface area (Å²) in [6.45, 7) is 6.32. The molecule has 0 saturated carbocycles. The van der Waals surface area contributed by atoms with Crippen molar-refractivity contribution in [3.8, 4) is 0 Å². The summed E-state index contributed by atoms with van der Waals surface area (Å²) >= 11 is 0. The first-order valence-electron chi connectivity index (χ1n) is 28.1. The van der Waals surface area contributed by atoms with Crippen LogP contribution < -0.4 is 5.32 Å². The second-order valence-electron chi connectivity index (χ2n) is 18.6. The maximum Gasteiger partial charge on any atom is 0.306 e. The van der Waals surface area contributed by atoms with Crippen molar-refractivity contribution in [2.75, 3.05) is 6.61 Å². The average Bonchev–Trinajstić information content (AvgIpc) is 3.33. The molecule has 388 valence electrons. The van der Waals surface area contributed by atoms with Crippen LogP contribution in [0, 0.1) is 0 Å². The molecule has 68 heavy (non-hydrogen) atoms. The number of nitrogens with one attached hydrogen (secondary N) is 1. The summed E-state index contributed by atoms with van der Waals surface area (Å²) in [7, 11) is 0. The van der Waals surface area contributed by atoms with Gasteiger partial charge in [-0.25, -0.2) is 0 Å². The molecule has 0 radical (unpaired) electrons. The first-order valence-corrected chi connectivity index (χ1v) is 28.1. The van der Waals surface area contributed by atoms with Gasteiger partial charge in [-0.2, -0.15) is 0 Å². The van der Waals surface area contributed by atoms with E-state index in [2.05, 4.69) is 135 Å². The predicted octanol–water partition coefficient (Wildman–Crippen LogP) is 17.5. The Morgan fingerprint density at radius 1 is 0.441 bits per heavy atom. The number of aliphatic hydroxyl groups is 2. The summed E-state index contributed by atoms with van der Waals surface area (Å²) in [5.41, 5.74) is 0. The standard InChI is InChI=1S/C62H105NO5/c1-4-7-10-13-16-19-22-25-28-30-33-35-38-41-44-47-50-53-58(68-62(67)55-52-49-46-43-40-37-34-31-29-26-23-20-17-14-11-8-5-2)56-61(66)63-59(57-64)60(65)54-51-48-45-42-39-36-32-27-24-21-18-15-12-9-6-3/h8,11,16-17,19-20,25-26,28-29,33-35,37,41,43-44,46,58-60,64-65H,4-7,9-10,12-15,18,21-24,27,30-32,36,38-40,42,45,47-57H2,1-3H3,(H,63,66)/b11-8-,19-16-,20-17-,28-25-,29-26-,35-33-,37-34-,44-41-,46-43-. The largest absolute Gasteiger partial charge is 0.462 e. The molecule has 0 aliphatic carbocycles. The van der Waals surface area contributed by atoms with Crippen LogP contribution in [-0.2, 0) is 14.3 Å². The number of ether oxygens (including phenoxy) is 1. The minimum absolute atomic E-state index is 0.0112. The van der Waals surface area contributed by atoms with E-state index in [0.29, 0.717) is 25.7 Å². The van der Waals surface area contributed by atoms with Crippen molar-refractivity contribution in [2.45, 2.75) is 264 Å². The van der Waals surface area contributed by atoms with Crippen LogP contribution >= 0.6 is 0 Å². The van der Waals surface area contributed by atoms with Gasteiger partial charge in [0.1, 0.15) is 6.10 Å². The Bertz CT molecular complexity index is 1380. The van der Waals surface area contributed by atoms with Gasteiger partial charge in [-0.1, -0.05) is 239 Å². The zero-order chi connectivity index (χ0) is 49.5. The number of carbonyl (C=O) groups excluding carboxylic acids is 2. The Kier molecular flexibility index (Phi) is 51.7. The molecule has 0 fully saturated rings. The fourth-order valence-corrected chi connectivity index (χ4v) is 7.87. The lowest BCUT2D eigenvalue weighted by Gasteiger charge is -2.24. The Morgan fingerprint density at radius 2 is 0.809 bits per heavy atom. The number of carbonyl (C=O) groups is 2. The summed E-state index contributed by atoms with van der Waals surface area (Å²) in [6, 6.07) is -0.738. The zero-order valence-electron chi connectivity index (χ0n) is 44.2. The molecule has 0 aromatic rings. The van der Waals surface area contributed by atoms with Crippen molar-refractivity contribution in [2.24, 2.45) is 0 Å². The van der Waals surface area contributed by atoms with E-state index in [9.17, 15) is 19.8 Å². The van der Waals surface area contributed by atoms with Crippen molar-refractivity contribution in [3.05, 3.63) is 109 Å². The molecule has 0 bridgehead atoms. The Morgan fingerprint density at radius 3 is 1.24 bits per heavy atom. The van der Waals surface area contributed by atoms with Crippen LogP contribution in [0.4, 0.5) is 0 Å². The first kappa shape index (κ1) is 64.5. The number of esters is 1. The highest BCUT2D eigenvalue weighted by Crippen LogP contribution is 2.17. The molecule has 3 atom stereocenters. The molecule has 0 rings (SSSR count). The molecule has 0 aromatic heterocycles. The van der Waals surface area contributed by atoms with Crippen molar-refractivity contribution < 1.29 is 24.5 Å². The van der Waals surface area contributed by atoms with Crippen LogP contribution in [0.2, 0.25) is 0 Å². The lowest BCUT2D eigenvalue weighted by molar-refractivity contribution is -0.151. The van der Waals surface area contributed by atoms with Crippen LogP contribution in [0.25, 0.3) is 0 Å². The summed E-state index contributed by atoms with van der Waals surface area (Å²) in [6.07, 6.45) is 74.4. The zero-order valence-corrected chi connectivity index (χ0v) is 44.2. The molecule has 0 aliphatic heterocycles. The van der Waals surface area contributed by atoms with Crippen molar-refractivity contribution in [1.29, 1.82) is 0 Å². The average molecular weight is 945 g/mol. The van der Waals surface area contributed by atoms with Gasteiger partial charge in [-0.05, 0) is 103 Å². The summed E-state index contributed by atoms with van der Waals surface area (Å²) in [5.74, 6) is -0.603. The SMILES string of the molecule is CC/C=C\C/C=C\C/C=C\C/C=C\C/C=C\CCCC(=O)OC(CCC/C=C\C/C=C\C/C=C\C/C=C\CCCCC)CC(=O)NC(CO)C(O)CCCCCCCCCCCCCCCCC. The van der Waals surface area contributed by atoms with E-state index in [-0.39, 0.29) is 24.9 Å². The molecule has 3 N–H and O–H groups in total. The van der Waals surface area contributed by atoms with Crippen molar-refractivity contribution >= 4 is 11.9 Å². The highest BCUT2D eigenvalue weighted by Gasteiger charge is 2.24. The molecule has 6 nitrogen and oxygen atoms in total. The lowest BCUT2D eigenvalue weighted by atomic mass is 10.0. The highest BCUT2D eigenvalue weighted by atomic mass is 16.5. The number of unbranched alkanes of at least 4 members (excludes halogenated alkanes) is 19. The first-order chi connectivity index (χ1) is 33.5. The molecule has 0 saturated heterocycles. The third-order valence-electron chi connectivity index (χ3n) is 12.1. The van der Waals surface area contributed by atoms with Gasteiger partial charge >= 0.3 is 5.97 Å². The molecule has 0 aromatic carbocycles. The third-order valence-corrected chi connectivity index (χ3v) is 12.1. The molecule has 0 aliphatic rings. The van der Waals surface area contributed by atoms with Gasteiger partial charge in [-0.3, -0.25) is 9.59 Å². The third kappa shape index (κ3) is 49.0. The van der Waals surface area contributed by atoms with Gasteiger partial charge < -0.3 is 20.3 Å². The van der Waals surface area contributed by atoms with Gasteiger partial charge in [0.15, 0.2) is 0 Å². The molecule has 6 heteroatoms.